The summed E-state index contributed by atoms with van der Waals surface area (Å²) in [4.78, 5) is 14.6. The van der Waals surface area contributed by atoms with Crippen molar-refractivity contribution < 1.29 is 4.79 Å². The van der Waals surface area contributed by atoms with Crippen LogP contribution in [-0.2, 0) is 11.3 Å². The van der Waals surface area contributed by atoms with Crippen LogP contribution in [0.2, 0.25) is 0 Å². The molecule has 2 aromatic rings. The second-order valence-electron chi connectivity index (χ2n) is 4.23. The van der Waals surface area contributed by atoms with Gasteiger partial charge in [0.25, 0.3) is 0 Å². The molecule has 1 heterocycles. The largest absolute Gasteiger partial charge is 0.343 e. The van der Waals surface area contributed by atoms with E-state index in [2.05, 4.69) is 15.4 Å². The molecular formula is C13H14N6O. The van der Waals surface area contributed by atoms with Gasteiger partial charge in [0.1, 0.15) is 6.54 Å². The minimum absolute atomic E-state index is 0.0156. The van der Waals surface area contributed by atoms with E-state index >= 15 is 0 Å². The van der Waals surface area contributed by atoms with E-state index in [1.165, 1.54) is 9.70 Å². The fourth-order valence-electron chi connectivity index (χ4n) is 1.60. The summed E-state index contributed by atoms with van der Waals surface area (Å²) in [5, 5.41) is 20.4. The van der Waals surface area contributed by atoms with Gasteiger partial charge in [-0.1, -0.05) is 30.3 Å². The predicted molar refractivity (Wildman–Crippen MR) is 71.1 cm³/mol. The van der Waals surface area contributed by atoms with Crippen LogP contribution in [0, 0.1) is 11.3 Å². The number of nitrogens with zero attached hydrogens (tertiary/aromatic N) is 6. The van der Waals surface area contributed by atoms with E-state index < -0.39 is 0 Å². The molecular weight excluding hydrogens is 256 g/mol. The lowest BCUT2D eigenvalue weighted by Gasteiger charge is -2.14. The number of benzene rings is 1. The van der Waals surface area contributed by atoms with Crippen LogP contribution >= 0.6 is 0 Å². The standard InChI is InChI=1S/C13H14N6O/c1-18(9-5-8-14)12(20)10-19-16-13(15-17-19)11-6-3-2-4-7-11/h2-4,6-7H,5,9-10H2,1H3. The Morgan fingerprint density at radius 3 is 2.85 bits per heavy atom. The van der Waals surface area contributed by atoms with E-state index in [0.717, 1.165) is 5.56 Å². The number of carbonyl (C=O) groups excluding carboxylic acids is 1. The Balaban J connectivity index is 2.00. The van der Waals surface area contributed by atoms with E-state index in [1.807, 2.05) is 36.4 Å². The Morgan fingerprint density at radius 2 is 2.15 bits per heavy atom. The van der Waals surface area contributed by atoms with E-state index in [4.69, 9.17) is 5.26 Å². The van der Waals surface area contributed by atoms with E-state index in [9.17, 15) is 4.79 Å². The predicted octanol–water partition coefficient (Wildman–Crippen LogP) is 0.712. The Bertz CT molecular complexity index is 615. The van der Waals surface area contributed by atoms with E-state index in [0.29, 0.717) is 18.8 Å². The maximum Gasteiger partial charge on any atom is 0.246 e. The van der Waals surface area contributed by atoms with Crippen LogP contribution < -0.4 is 0 Å². The van der Waals surface area contributed by atoms with Gasteiger partial charge < -0.3 is 4.90 Å². The molecule has 1 aromatic carbocycles. The number of likely N-dealkylation sites (N-methyl/N-ethyl adjacent to an activating group) is 1. The Morgan fingerprint density at radius 1 is 1.40 bits per heavy atom. The highest BCUT2D eigenvalue weighted by Gasteiger charge is 2.12. The molecule has 0 fully saturated rings. The smallest absolute Gasteiger partial charge is 0.246 e. The van der Waals surface area contributed by atoms with Crippen molar-refractivity contribution in [2.75, 3.05) is 13.6 Å². The summed E-state index contributed by atoms with van der Waals surface area (Å²) in [6.45, 7) is 0.414. The monoisotopic (exact) mass is 270 g/mol. The van der Waals surface area contributed by atoms with Crippen molar-refractivity contribution in [3.63, 3.8) is 0 Å². The maximum absolute atomic E-state index is 11.9. The van der Waals surface area contributed by atoms with Gasteiger partial charge in [-0.2, -0.15) is 10.1 Å². The van der Waals surface area contributed by atoms with Crippen molar-refractivity contribution in [2.24, 2.45) is 0 Å². The maximum atomic E-state index is 11.9. The van der Waals surface area contributed by atoms with Gasteiger partial charge in [0.15, 0.2) is 0 Å². The van der Waals surface area contributed by atoms with Crippen molar-refractivity contribution >= 4 is 5.91 Å². The van der Waals surface area contributed by atoms with Gasteiger partial charge in [-0.3, -0.25) is 4.79 Å². The normalized spacial score (nSPS) is 10.0. The van der Waals surface area contributed by atoms with Crippen LogP contribution in [0.5, 0.6) is 0 Å². The van der Waals surface area contributed by atoms with E-state index in [1.54, 1.807) is 7.05 Å². The number of aromatic nitrogens is 4. The molecule has 0 aliphatic carbocycles. The molecule has 7 nitrogen and oxygen atoms in total. The molecule has 1 amide bonds. The highest BCUT2D eigenvalue weighted by atomic mass is 16.2. The molecule has 7 heteroatoms. The van der Waals surface area contributed by atoms with Crippen molar-refractivity contribution in [3.8, 4) is 17.5 Å². The van der Waals surface area contributed by atoms with Crippen LogP contribution in [0.3, 0.4) is 0 Å². The van der Waals surface area contributed by atoms with Gasteiger partial charge in [0.2, 0.25) is 11.7 Å². The molecule has 0 saturated carbocycles. The van der Waals surface area contributed by atoms with Gasteiger partial charge in [0.05, 0.1) is 12.5 Å². The first kappa shape index (κ1) is 13.7. The Labute approximate surface area is 116 Å². The molecule has 1 aromatic heterocycles. The molecule has 20 heavy (non-hydrogen) atoms. The zero-order valence-electron chi connectivity index (χ0n) is 11.1. The summed E-state index contributed by atoms with van der Waals surface area (Å²) in [6.07, 6.45) is 0.308. The lowest BCUT2D eigenvalue weighted by molar-refractivity contribution is -0.130. The molecule has 0 atom stereocenters. The summed E-state index contributed by atoms with van der Waals surface area (Å²) in [5.41, 5.74) is 0.851. The fraction of sp³-hybridized carbons (Fsp3) is 0.308. The first-order valence-corrected chi connectivity index (χ1v) is 6.15. The van der Waals surface area contributed by atoms with Crippen LogP contribution in [0.15, 0.2) is 30.3 Å². The third-order valence-corrected chi connectivity index (χ3v) is 2.75. The van der Waals surface area contributed by atoms with Crippen LogP contribution in [-0.4, -0.2) is 44.6 Å². The Kier molecular flexibility index (Phi) is 4.39. The highest BCUT2D eigenvalue weighted by Crippen LogP contribution is 2.11. The molecule has 0 spiro atoms. The van der Waals surface area contributed by atoms with Gasteiger partial charge >= 0.3 is 0 Å². The minimum Gasteiger partial charge on any atom is -0.343 e. The lowest BCUT2D eigenvalue weighted by Crippen LogP contribution is -2.31. The molecule has 0 unspecified atom stereocenters. The number of hydrogen-bond donors (Lipinski definition) is 0. The molecule has 0 radical (unpaired) electrons. The molecule has 0 aliphatic rings. The third-order valence-electron chi connectivity index (χ3n) is 2.75. The topological polar surface area (TPSA) is 87.7 Å². The van der Waals surface area contributed by atoms with Gasteiger partial charge in [-0.05, 0) is 5.21 Å². The third kappa shape index (κ3) is 3.38. The lowest BCUT2D eigenvalue weighted by atomic mass is 10.2. The second-order valence-corrected chi connectivity index (χ2v) is 4.23. The number of hydrogen-bond acceptors (Lipinski definition) is 5. The van der Waals surface area contributed by atoms with Crippen LogP contribution in [0.4, 0.5) is 0 Å². The zero-order chi connectivity index (χ0) is 14.4. The highest BCUT2D eigenvalue weighted by molar-refractivity contribution is 5.75. The van der Waals surface area contributed by atoms with Crippen molar-refractivity contribution in [1.29, 1.82) is 5.26 Å². The number of carbonyl (C=O) groups is 1. The van der Waals surface area contributed by atoms with Gasteiger partial charge in [0, 0.05) is 19.2 Å². The second kappa shape index (κ2) is 6.43. The van der Waals surface area contributed by atoms with Crippen LogP contribution in [0.25, 0.3) is 11.4 Å². The summed E-state index contributed by atoms with van der Waals surface area (Å²) in [5.74, 6) is 0.329. The summed E-state index contributed by atoms with van der Waals surface area (Å²) < 4.78 is 0. The number of tetrazole rings is 1. The summed E-state index contributed by atoms with van der Waals surface area (Å²) >= 11 is 0. The van der Waals surface area contributed by atoms with Crippen molar-refractivity contribution in [2.45, 2.75) is 13.0 Å². The van der Waals surface area contributed by atoms with Crippen molar-refractivity contribution in [3.05, 3.63) is 30.3 Å². The van der Waals surface area contributed by atoms with Gasteiger partial charge in [-0.15, -0.1) is 10.2 Å². The molecule has 2 rings (SSSR count). The number of nitriles is 1. The minimum atomic E-state index is -0.155. The van der Waals surface area contributed by atoms with E-state index in [-0.39, 0.29) is 12.5 Å². The molecule has 0 N–H and O–H groups in total. The molecule has 0 saturated heterocycles. The number of rotatable bonds is 5. The quantitative estimate of drug-likeness (QED) is 0.798. The van der Waals surface area contributed by atoms with Gasteiger partial charge in [-0.25, -0.2) is 0 Å². The number of amides is 1. The molecule has 0 aliphatic heterocycles. The summed E-state index contributed by atoms with van der Waals surface area (Å²) in [7, 11) is 1.65. The van der Waals surface area contributed by atoms with Crippen LogP contribution in [0.1, 0.15) is 6.42 Å². The zero-order valence-corrected chi connectivity index (χ0v) is 11.1. The fourth-order valence-corrected chi connectivity index (χ4v) is 1.60. The first-order chi connectivity index (χ1) is 9.70. The van der Waals surface area contributed by atoms with Crippen molar-refractivity contribution in [1.82, 2.24) is 25.1 Å². The average Bonchev–Trinajstić information content (AvgIpc) is 2.94. The Hall–Kier alpha value is -2.75. The first-order valence-electron chi connectivity index (χ1n) is 6.15. The summed E-state index contributed by atoms with van der Waals surface area (Å²) in [6, 6.07) is 11.4. The molecule has 0 bridgehead atoms. The SMILES string of the molecule is CN(CCC#N)C(=O)Cn1nnc(-c2ccccc2)n1. The average molecular weight is 270 g/mol. The molecule has 102 valence electrons.